The maximum atomic E-state index is 12.1. The van der Waals surface area contributed by atoms with E-state index in [9.17, 15) is 14.4 Å². The van der Waals surface area contributed by atoms with Crippen molar-refractivity contribution in [2.45, 2.75) is 44.6 Å². The minimum Gasteiger partial charge on any atom is -0.480 e. The average Bonchev–Trinajstić information content (AvgIpc) is 2.88. The minimum absolute atomic E-state index is 0.00331. The number of amides is 2. The van der Waals surface area contributed by atoms with Crippen LogP contribution in [0.15, 0.2) is 0 Å². The summed E-state index contributed by atoms with van der Waals surface area (Å²) < 4.78 is 0. The van der Waals surface area contributed by atoms with Crippen LogP contribution in [0.3, 0.4) is 0 Å². The van der Waals surface area contributed by atoms with Gasteiger partial charge in [-0.3, -0.25) is 9.59 Å². The van der Waals surface area contributed by atoms with E-state index in [-0.39, 0.29) is 24.9 Å². The predicted octanol–water partition coefficient (Wildman–Crippen LogP) is 0.368. The fourth-order valence-electron chi connectivity index (χ4n) is 2.89. The summed E-state index contributed by atoms with van der Waals surface area (Å²) in [6.45, 7) is -0.135. The molecule has 1 saturated heterocycles. The Labute approximate surface area is 112 Å². The van der Waals surface area contributed by atoms with Crippen molar-refractivity contribution in [1.29, 1.82) is 0 Å². The zero-order valence-electron chi connectivity index (χ0n) is 10.9. The summed E-state index contributed by atoms with van der Waals surface area (Å²) in [5.41, 5.74) is 0. The zero-order chi connectivity index (χ0) is 13.8. The van der Waals surface area contributed by atoms with E-state index in [2.05, 4.69) is 5.32 Å². The van der Waals surface area contributed by atoms with Crippen LogP contribution in [0, 0.1) is 5.92 Å². The van der Waals surface area contributed by atoms with E-state index in [1.165, 1.54) is 17.7 Å². The second-order valence-corrected chi connectivity index (χ2v) is 5.37. The number of carbonyl (C=O) groups is 3. The first-order valence-electron chi connectivity index (χ1n) is 6.87. The summed E-state index contributed by atoms with van der Waals surface area (Å²) in [6.07, 6.45) is 5.93. The number of rotatable bonds is 4. The molecule has 0 aromatic heterocycles. The Morgan fingerprint density at radius 2 is 2.00 bits per heavy atom. The standard InChI is InChI=1S/C13H20N2O4/c16-11-8-15(10(7-14-11)13(18)19)12(17)6-5-9-3-1-2-4-9/h9-10H,1-8H2,(H,14,16)(H,18,19). The largest absolute Gasteiger partial charge is 0.480 e. The molecule has 19 heavy (non-hydrogen) atoms. The highest BCUT2D eigenvalue weighted by Crippen LogP contribution is 2.28. The lowest BCUT2D eigenvalue weighted by atomic mass is 10.0. The second kappa shape index (κ2) is 6.04. The van der Waals surface area contributed by atoms with E-state index in [0.29, 0.717) is 12.3 Å². The van der Waals surface area contributed by atoms with Gasteiger partial charge in [0, 0.05) is 13.0 Å². The fraction of sp³-hybridized carbons (Fsp3) is 0.769. The van der Waals surface area contributed by atoms with Gasteiger partial charge in [0.2, 0.25) is 11.8 Å². The Bertz CT molecular complexity index is 377. The monoisotopic (exact) mass is 268 g/mol. The van der Waals surface area contributed by atoms with Crippen molar-refractivity contribution in [2.75, 3.05) is 13.1 Å². The number of carbonyl (C=O) groups excluding carboxylic acids is 2. The summed E-state index contributed by atoms with van der Waals surface area (Å²) in [6, 6.07) is -0.922. The van der Waals surface area contributed by atoms with Gasteiger partial charge in [0.05, 0.1) is 0 Å². The highest BCUT2D eigenvalue weighted by molar-refractivity contribution is 5.91. The number of nitrogens with zero attached hydrogens (tertiary/aromatic N) is 1. The Morgan fingerprint density at radius 3 is 2.63 bits per heavy atom. The topological polar surface area (TPSA) is 86.7 Å². The van der Waals surface area contributed by atoms with Gasteiger partial charge in [-0.05, 0) is 12.3 Å². The van der Waals surface area contributed by atoms with Crippen LogP contribution in [-0.2, 0) is 14.4 Å². The van der Waals surface area contributed by atoms with Gasteiger partial charge in [-0.2, -0.15) is 0 Å². The van der Waals surface area contributed by atoms with Crippen molar-refractivity contribution >= 4 is 17.8 Å². The van der Waals surface area contributed by atoms with E-state index in [1.54, 1.807) is 0 Å². The van der Waals surface area contributed by atoms with Crippen LogP contribution < -0.4 is 5.32 Å². The molecule has 0 aromatic carbocycles. The number of piperazine rings is 1. The molecule has 2 aliphatic rings. The van der Waals surface area contributed by atoms with Crippen molar-refractivity contribution in [1.82, 2.24) is 10.2 Å². The average molecular weight is 268 g/mol. The summed E-state index contributed by atoms with van der Waals surface area (Å²) in [7, 11) is 0. The van der Waals surface area contributed by atoms with Crippen LogP contribution in [0.1, 0.15) is 38.5 Å². The Kier molecular flexibility index (Phi) is 4.39. The first-order valence-corrected chi connectivity index (χ1v) is 6.87. The Balaban J connectivity index is 1.90. The minimum atomic E-state index is -1.06. The first kappa shape index (κ1) is 13.8. The van der Waals surface area contributed by atoms with Crippen LogP contribution in [0.5, 0.6) is 0 Å². The molecule has 6 heteroatoms. The number of carboxylic acids is 1. The molecule has 2 N–H and O–H groups in total. The predicted molar refractivity (Wildman–Crippen MR) is 67.3 cm³/mol. The van der Waals surface area contributed by atoms with E-state index in [0.717, 1.165) is 19.3 Å². The number of nitrogens with one attached hydrogen (secondary N) is 1. The Hall–Kier alpha value is -1.59. The first-order chi connectivity index (χ1) is 9.08. The lowest BCUT2D eigenvalue weighted by Gasteiger charge is -2.33. The van der Waals surface area contributed by atoms with Crippen LogP contribution in [-0.4, -0.2) is 46.9 Å². The van der Waals surface area contributed by atoms with Crippen molar-refractivity contribution in [3.63, 3.8) is 0 Å². The van der Waals surface area contributed by atoms with Gasteiger partial charge in [-0.25, -0.2) is 4.79 Å². The zero-order valence-corrected chi connectivity index (χ0v) is 10.9. The summed E-state index contributed by atoms with van der Waals surface area (Å²) in [5, 5.41) is 11.6. The third-order valence-corrected chi connectivity index (χ3v) is 4.03. The highest BCUT2D eigenvalue weighted by atomic mass is 16.4. The molecular weight excluding hydrogens is 248 g/mol. The molecule has 0 radical (unpaired) electrons. The van der Waals surface area contributed by atoms with E-state index in [4.69, 9.17) is 5.11 Å². The van der Waals surface area contributed by atoms with Crippen molar-refractivity contribution < 1.29 is 19.5 Å². The molecule has 0 bridgehead atoms. The second-order valence-electron chi connectivity index (χ2n) is 5.37. The van der Waals surface area contributed by atoms with Gasteiger partial charge in [-0.15, -0.1) is 0 Å². The molecule has 2 rings (SSSR count). The van der Waals surface area contributed by atoms with Crippen molar-refractivity contribution in [3.05, 3.63) is 0 Å². The van der Waals surface area contributed by atoms with Crippen LogP contribution in [0.25, 0.3) is 0 Å². The number of hydrogen-bond acceptors (Lipinski definition) is 3. The molecule has 1 aliphatic carbocycles. The van der Waals surface area contributed by atoms with Gasteiger partial charge in [0.15, 0.2) is 0 Å². The molecule has 1 heterocycles. The van der Waals surface area contributed by atoms with Crippen LogP contribution >= 0.6 is 0 Å². The van der Waals surface area contributed by atoms with Gasteiger partial charge in [-0.1, -0.05) is 25.7 Å². The summed E-state index contributed by atoms with van der Waals surface area (Å²) in [4.78, 5) is 35.7. The fourth-order valence-corrected chi connectivity index (χ4v) is 2.89. The summed E-state index contributed by atoms with van der Waals surface area (Å²) in [5.74, 6) is -0.971. The molecule has 0 spiro atoms. The van der Waals surface area contributed by atoms with Crippen molar-refractivity contribution in [3.8, 4) is 0 Å². The van der Waals surface area contributed by atoms with Crippen LogP contribution in [0.2, 0.25) is 0 Å². The normalized spacial score (nSPS) is 24.3. The molecule has 6 nitrogen and oxygen atoms in total. The third-order valence-electron chi connectivity index (χ3n) is 4.03. The van der Waals surface area contributed by atoms with Crippen LogP contribution in [0.4, 0.5) is 0 Å². The van der Waals surface area contributed by atoms with Gasteiger partial charge in [0.1, 0.15) is 12.6 Å². The molecule has 0 aromatic rings. The molecular formula is C13H20N2O4. The smallest absolute Gasteiger partial charge is 0.328 e. The quantitative estimate of drug-likeness (QED) is 0.771. The Morgan fingerprint density at radius 1 is 1.32 bits per heavy atom. The molecule has 1 atom stereocenters. The third kappa shape index (κ3) is 3.45. The maximum absolute atomic E-state index is 12.1. The van der Waals surface area contributed by atoms with Gasteiger partial charge >= 0.3 is 5.97 Å². The number of carboxylic acid groups (broad SMARTS) is 1. The van der Waals surface area contributed by atoms with E-state index >= 15 is 0 Å². The van der Waals surface area contributed by atoms with E-state index in [1.807, 2.05) is 0 Å². The molecule has 106 valence electrons. The molecule has 1 aliphatic heterocycles. The molecule has 2 fully saturated rings. The lowest BCUT2D eigenvalue weighted by Crippen LogP contribution is -2.59. The number of hydrogen-bond donors (Lipinski definition) is 2. The molecule has 1 unspecified atom stereocenters. The van der Waals surface area contributed by atoms with Gasteiger partial charge < -0.3 is 15.3 Å². The number of aliphatic carboxylic acids is 1. The highest BCUT2D eigenvalue weighted by Gasteiger charge is 2.35. The molecule has 1 saturated carbocycles. The van der Waals surface area contributed by atoms with E-state index < -0.39 is 12.0 Å². The van der Waals surface area contributed by atoms with Crippen molar-refractivity contribution in [2.24, 2.45) is 5.92 Å². The molecule has 2 amide bonds. The lowest BCUT2D eigenvalue weighted by molar-refractivity contribution is -0.154. The maximum Gasteiger partial charge on any atom is 0.328 e. The summed E-state index contributed by atoms with van der Waals surface area (Å²) >= 11 is 0. The van der Waals surface area contributed by atoms with Gasteiger partial charge in [0.25, 0.3) is 0 Å². The SMILES string of the molecule is O=C1CN(C(=O)CCC2CCCC2)C(C(=O)O)CN1.